The van der Waals surface area contributed by atoms with Crippen molar-refractivity contribution < 1.29 is 14.3 Å². The third-order valence-electron chi connectivity index (χ3n) is 5.30. The number of carbonyl (C=O) groups excluding carboxylic acids is 1. The lowest BCUT2D eigenvalue weighted by Gasteiger charge is -2.19. The zero-order valence-electron chi connectivity index (χ0n) is 20.9. The Bertz CT molecular complexity index is 1350. The van der Waals surface area contributed by atoms with Gasteiger partial charge in [-0.25, -0.2) is 9.97 Å². The van der Waals surface area contributed by atoms with E-state index < -0.39 is 0 Å². The molecule has 192 valence electrons. The van der Waals surface area contributed by atoms with Crippen LogP contribution in [-0.2, 0) is 11.4 Å². The fourth-order valence-electron chi connectivity index (χ4n) is 3.60. The third kappa shape index (κ3) is 7.28. The van der Waals surface area contributed by atoms with Crippen molar-refractivity contribution in [1.29, 1.82) is 0 Å². The van der Waals surface area contributed by atoms with Crippen LogP contribution in [0.1, 0.15) is 12.6 Å². The maximum Gasteiger partial charge on any atom is 0.234 e. The molecule has 4 aromatic rings. The standard InChI is InChI=1S/C27H29ClN6O3/c1-18(14-30-25(35)15-34(2)3)37-24-9-6-8-22-26(24)27(32-17-31-22)33-19-10-11-23(21(28)13-19)36-16-20-7-4-5-12-29-20/h4-13,17-18H,14-16H2,1-3H3,(H,30,35)(H,31,32,33). The van der Waals surface area contributed by atoms with E-state index in [0.717, 1.165) is 22.3 Å². The number of fused-ring (bicyclic) bond motifs is 1. The highest BCUT2D eigenvalue weighted by Crippen LogP contribution is 2.34. The molecular formula is C27H29ClN6O3. The summed E-state index contributed by atoms with van der Waals surface area (Å²) < 4.78 is 12.0. The number of halogens is 1. The number of likely N-dealkylation sites (N-methyl/N-ethyl adjacent to an activating group) is 1. The monoisotopic (exact) mass is 520 g/mol. The Morgan fingerprint density at radius 3 is 2.68 bits per heavy atom. The van der Waals surface area contributed by atoms with Gasteiger partial charge in [0.15, 0.2) is 0 Å². The van der Waals surface area contributed by atoms with Crippen molar-refractivity contribution in [3.8, 4) is 11.5 Å². The lowest BCUT2D eigenvalue weighted by Crippen LogP contribution is -2.38. The first kappa shape index (κ1) is 26.1. The first-order valence-electron chi connectivity index (χ1n) is 11.8. The number of anilines is 2. The molecule has 2 N–H and O–H groups in total. The number of nitrogens with one attached hydrogen (secondary N) is 2. The summed E-state index contributed by atoms with van der Waals surface area (Å²) in [6.07, 6.45) is 2.94. The fraction of sp³-hybridized carbons (Fsp3) is 0.259. The normalized spacial score (nSPS) is 11.8. The molecule has 1 amide bonds. The van der Waals surface area contributed by atoms with Crippen molar-refractivity contribution in [2.75, 3.05) is 32.5 Å². The van der Waals surface area contributed by atoms with Crippen LogP contribution in [0.2, 0.25) is 5.02 Å². The Kier molecular flexibility index (Phi) is 8.71. The maximum absolute atomic E-state index is 12.0. The van der Waals surface area contributed by atoms with Gasteiger partial charge in [0.2, 0.25) is 5.91 Å². The zero-order valence-corrected chi connectivity index (χ0v) is 21.7. The van der Waals surface area contributed by atoms with Crippen molar-refractivity contribution in [1.82, 2.24) is 25.2 Å². The molecule has 1 unspecified atom stereocenters. The fourth-order valence-corrected chi connectivity index (χ4v) is 3.83. The van der Waals surface area contributed by atoms with Gasteiger partial charge in [-0.1, -0.05) is 23.7 Å². The molecule has 9 nitrogen and oxygen atoms in total. The van der Waals surface area contributed by atoms with E-state index >= 15 is 0 Å². The molecule has 0 radical (unpaired) electrons. The molecule has 1 atom stereocenters. The highest BCUT2D eigenvalue weighted by Gasteiger charge is 2.15. The highest BCUT2D eigenvalue weighted by atomic mass is 35.5. The van der Waals surface area contributed by atoms with Gasteiger partial charge in [-0.05, 0) is 63.5 Å². The van der Waals surface area contributed by atoms with Crippen LogP contribution >= 0.6 is 11.6 Å². The van der Waals surface area contributed by atoms with E-state index in [-0.39, 0.29) is 12.0 Å². The number of hydrogen-bond acceptors (Lipinski definition) is 8. The van der Waals surface area contributed by atoms with Crippen LogP contribution in [-0.4, -0.2) is 59.0 Å². The molecule has 2 heterocycles. The van der Waals surface area contributed by atoms with Gasteiger partial charge in [-0.3, -0.25) is 9.78 Å². The Hall–Kier alpha value is -3.95. The van der Waals surface area contributed by atoms with Crippen molar-refractivity contribution in [2.24, 2.45) is 0 Å². The van der Waals surface area contributed by atoms with Crippen LogP contribution < -0.4 is 20.1 Å². The number of hydrogen-bond donors (Lipinski definition) is 2. The largest absolute Gasteiger partial charge is 0.488 e. The molecule has 0 aliphatic carbocycles. The summed E-state index contributed by atoms with van der Waals surface area (Å²) in [5, 5.41) is 7.38. The predicted octanol–water partition coefficient (Wildman–Crippen LogP) is 4.45. The van der Waals surface area contributed by atoms with Crippen molar-refractivity contribution >= 4 is 39.9 Å². The Balaban J connectivity index is 1.48. The van der Waals surface area contributed by atoms with Crippen LogP contribution in [0.5, 0.6) is 11.5 Å². The van der Waals surface area contributed by atoms with E-state index in [2.05, 4.69) is 25.6 Å². The highest BCUT2D eigenvalue weighted by molar-refractivity contribution is 6.32. The van der Waals surface area contributed by atoms with Gasteiger partial charge in [0, 0.05) is 11.9 Å². The average molecular weight is 521 g/mol. The lowest BCUT2D eigenvalue weighted by atomic mass is 10.2. The number of aromatic nitrogens is 3. The second kappa shape index (κ2) is 12.3. The first-order chi connectivity index (χ1) is 17.9. The number of ether oxygens (including phenoxy) is 2. The lowest BCUT2D eigenvalue weighted by molar-refractivity contribution is -0.122. The minimum Gasteiger partial charge on any atom is -0.488 e. The van der Waals surface area contributed by atoms with Gasteiger partial charge in [-0.15, -0.1) is 0 Å². The van der Waals surface area contributed by atoms with Gasteiger partial charge >= 0.3 is 0 Å². The van der Waals surface area contributed by atoms with Crippen molar-refractivity contribution in [2.45, 2.75) is 19.6 Å². The van der Waals surface area contributed by atoms with Gasteiger partial charge in [0.1, 0.15) is 36.4 Å². The third-order valence-corrected chi connectivity index (χ3v) is 5.59. The maximum atomic E-state index is 12.0. The number of amides is 1. The minimum atomic E-state index is -0.269. The number of carbonyl (C=O) groups is 1. The van der Waals surface area contributed by atoms with Crippen molar-refractivity contribution in [3.63, 3.8) is 0 Å². The van der Waals surface area contributed by atoms with Crippen LogP contribution in [0, 0.1) is 0 Å². The smallest absolute Gasteiger partial charge is 0.234 e. The molecule has 4 rings (SSSR count). The molecular weight excluding hydrogens is 492 g/mol. The molecule has 0 aliphatic heterocycles. The molecule has 0 fully saturated rings. The molecule has 2 aromatic carbocycles. The van der Waals surface area contributed by atoms with E-state index in [4.69, 9.17) is 21.1 Å². The summed E-state index contributed by atoms with van der Waals surface area (Å²) in [5.74, 6) is 1.67. The van der Waals surface area contributed by atoms with E-state index in [9.17, 15) is 4.79 Å². The van der Waals surface area contributed by atoms with Gasteiger partial charge in [0.05, 0.1) is 34.7 Å². The Morgan fingerprint density at radius 2 is 1.92 bits per heavy atom. The first-order valence-corrected chi connectivity index (χ1v) is 12.2. The molecule has 10 heteroatoms. The van der Waals surface area contributed by atoms with E-state index in [0.29, 0.717) is 42.0 Å². The van der Waals surface area contributed by atoms with Crippen LogP contribution in [0.4, 0.5) is 11.5 Å². The van der Waals surface area contributed by atoms with E-state index in [1.807, 2.05) is 68.4 Å². The van der Waals surface area contributed by atoms with Gasteiger partial charge in [-0.2, -0.15) is 0 Å². The summed E-state index contributed by atoms with van der Waals surface area (Å²) in [4.78, 5) is 26.9. The van der Waals surface area contributed by atoms with E-state index in [1.165, 1.54) is 6.33 Å². The molecule has 0 saturated heterocycles. The topological polar surface area (TPSA) is 102 Å². The van der Waals surface area contributed by atoms with Gasteiger partial charge in [0.25, 0.3) is 0 Å². The van der Waals surface area contributed by atoms with Crippen LogP contribution in [0.15, 0.2) is 67.1 Å². The minimum absolute atomic E-state index is 0.0617. The van der Waals surface area contributed by atoms with Gasteiger partial charge < -0.3 is 25.0 Å². The summed E-state index contributed by atoms with van der Waals surface area (Å²) in [7, 11) is 3.69. The summed E-state index contributed by atoms with van der Waals surface area (Å²) in [5.41, 5.74) is 2.27. The number of benzene rings is 2. The zero-order chi connectivity index (χ0) is 26.2. The predicted molar refractivity (Wildman–Crippen MR) is 144 cm³/mol. The quantitative estimate of drug-likeness (QED) is 0.299. The molecule has 0 spiro atoms. The number of rotatable bonds is 11. The summed E-state index contributed by atoms with van der Waals surface area (Å²) in [6.45, 7) is 2.90. The summed E-state index contributed by atoms with van der Waals surface area (Å²) in [6, 6.07) is 16.7. The SMILES string of the molecule is CC(CNC(=O)CN(C)C)Oc1cccc2ncnc(Nc3ccc(OCc4ccccn4)c(Cl)c3)c12. The van der Waals surface area contributed by atoms with E-state index in [1.54, 1.807) is 18.3 Å². The molecule has 2 aromatic heterocycles. The second-order valence-electron chi connectivity index (χ2n) is 8.72. The van der Waals surface area contributed by atoms with Crippen LogP contribution in [0.25, 0.3) is 10.9 Å². The molecule has 0 saturated carbocycles. The number of pyridine rings is 1. The number of nitrogens with zero attached hydrogens (tertiary/aromatic N) is 4. The molecule has 0 bridgehead atoms. The average Bonchev–Trinajstić information content (AvgIpc) is 2.87. The Labute approximate surface area is 220 Å². The Morgan fingerprint density at radius 1 is 1.05 bits per heavy atom. The second-order valence-corrected chi connectivity index (χ2v) is 9.13. The molecule has 37 heavy (non-hydrogen) atoms. The van der Waals surface area contributed by atoms with Crippen LogP contribution in [0.3, 0.4) is 0 Å². The molecule has 0 aliphatic rings. The summed E-state index contributed by atoms with van der Waals surface area (Å²) >= 11 is 6.49. The van der Waals surface area contributed by atoms with Crippen molar-refractivity contribution in [3.05, 3.63) is 77.8 Å².